The Morgan fingerprint density at radius 3 is 2.94 bits per heavy atom. The average Bonchev–Trinajstić information content (AvgIpc) is 3.52. The summed E-state index contributed by atoms with van der Waals surface area (Å²) < 4.78 is 15.5. The molecule has 2 unspecified atom stereocenters. The fourth-order valence-electron chi connectivity index (χ4n) is 4.77. The van der Waals surface area contributed by atoms with Crippen molar-refractivity contribution in [2.75, 3.05) is 39.1 Å². The molecule has 2 aliphatic heterocycles. The van der Waals surface area contributed by atoms with Crippen molar-refractivity contribution in [3.05, 3.63) is 36.4 Å². The number of ether oxygens (including phenoxy) is 2. The van der Waals surface area contributed by atoms with Gasteiger partial charge in [-0.1, -0.05) is 0 Å². The van der Waals surface area contributed by atoms with Gasteiger partial charge >= 0.3 is 0 Å². The molecule has 0 bridgehead atoms. The normalized spacial score (nSPS) is 21.9. The molecule has 2 saturated heterocycles. The average molecular weight is 467 g/mol. The third-order valence-electron chi connectivity index (χ3n) is 6.56. The number of piperidine rings is 1. The molecule has 8 nitrogen and oxygen atoms in total. The number of thioether (sulfide) groups is 1. The van der Waals surface area contributed by atoms with Crippen LogP contribution in [0.5, 0.6) is 0 Å². The Morgan fingerprint density at radius 2 is 2.12 bits per heavy atom. The maximum Gasteiger partial charge on any atom is 0.157 e. The van der Waals surface area contributed by atoms with Gasteiger partial charge in [0.25, 0.3) is 0 Å². The van der Waals surface area contributed by atoms with E-state index in [1.54, 1.807) is 22.5 Å². The Labute approximate surface area is 198 Å². The maximum absolute atomic E-state index is 9.38. The van der Waals surface area contributed by atoms with Gasteiger partial charge < -0.3 is 9.47 Å². The lowest BCUT2D eigenvalue weighted by Gasteiger charge is -2.33. The monoisotopic (exact) mass is 466 g/mol. The first-order valence-corrected chi connectivity index (χ1v) is 12.9. The summed E-state index contributed by atoms with van der Waals surface area (Å²) >= 11 is 1.63. The first kappa shape index (κ1) is 22.4. The second-order valence-electron chi connectivity index (χ2n) is 8.73. The molecular weight excluding hydrogens is 436 g/mol. The quantitative estimate of drug-likeness (QED) is 0.487. The topological polar surface area (TPSA) is 80.6 Å². The first-order chi connectivity index (χ1) is 16.2. The van der Waals surface area contributed by atoms with Crippen molar-refractivity contribution < 1.29 is 9.47 Å². The molecule has 2 fully saturated rings. The molecule has 0 radical (unpaired) electrons. The lowest BCUT2D eigenvalue weighted by molar-refractivity contribution is -0.164. The molecule has 174 valence electrons. The van der Waals surface area contributed by atoms with Crippen LogP contribution >= 0.6 is 11.8 Å². The van der Waals surface area contributed by atoms with E-state index in [9.17, 15) is 5.26 Å². The van der Waals surface area contributed by atoms with Crippen molar-refractivity contribution >= 4 is 17.3 Å². The molecule has 5 rings (SSSR count). The Balaban J connectivity index is 1.25. The van der Waals surface area contributed by atoms with Gasteiger partial charge in [-0.05, 0) is 51.0 Å². The summed E-state index contributed by atoms with van der Waals surface area (Å²) in [6.07, 6.45) is 15.3. The van der Waals surface area contributed by atoms with Crippen LogP contribution in [0.2, 0.25) is 0 Å². The summed E-state index contributed by atoms with van der Waals surface area (Å²) in [6.45, 7) is 4.56. The van der Waals surface area contributed by atoms with Crippen LogP contribution < -0.4 is 0 Å². The van der Waals surface area contributed by atoms with E-state index in [1.165, 1.54) is 6.42 Å². The fourth-order valence-corrected chi connectivity index (χ4v) is 5.41. The predicted octanol–water partition coefficient (Wildman–Crippen LogP) is 3.97. The maximum atomic E-state index is 9.38. The molecular formula is C24H30N6O2S. The third kappa shape index (κ3) is 4.94. The number of hydrogen-bond acceptors (Lipinski definition) is 7. The van der Waals surface area contributed by atoms with Crippen molar-refractivity contribution in [3.63, 3.8) is 0 Å². The van der Waals surface area contributed by atoms with Gasteiger partial charge in [0.05, 0.1) is 36.1 Å². The molecule has 0 aliphatic carbocycles. The van der Waals surface area contributed by atoms with Crippen LogP contribution in [0.25, 0.3) is 16.6 Å². The minimum atomic E-state index is -0.0180. The molecule has 2 aliphatic rings. The standard InChI is InChI=1S/C24H30N6O2S/c1-33-22-11-18(15-30-24(22)19(12-25)13-27-30)20-14-26-29(16-20)21-5-4-7-28(17-21)8-10-32-23-6-2-3-9-31-23/h11,13-16,21,23H,2-10,17H2,1H3. The van der Waals surface area contributed by atoms with Gasteiger partial charge in [0.15, 0.2) is 6.29 Å². The zero-order valence-corrected chi connectivity index (χ0v) is 19.8. The highest BCUT2D eigenvalue weighted by Crippen LogP contribution is 2.31. The highest BCUT2D eigenvalue weighted by molar-refractivity contribution is 7.98. The molecule has 0 N–H and O–H groups in total. The highest BCUT2D eigenvalue weighted by Gasteiger charge is 2.23. The van der Waals surface area contributed by atoms with E-state index in [0.29, 0.717) is 18.2 Å². The minimum Gasteiger partial charge on any atom is -0.353 e. The van der Waals surface area contributed by atoms with Gasteiger partial charge in [0.1, 0.15) is 6.07 Å². The van der Waals surface area contributed by atoms with Gasteiger partial charge in [-0.15, -0.1) is 11.8 Å². The van der Waals surface area contributed by atoms with E-state index >= 15 is 0 Å². The molecule has 0 amide bonds. The van der Waals surface area contributed by atoms with Crippen LogP contribution in [-0.2, 0) is 9.47 Å². The number of likely N-dealkylation sites (tertiary alicyclic amines) is 1. The van der Waals surface area contributed by atoms with Gasteiger partial charge in [0, 0.05) is 48.1 Å². The van der Waals surface area contributed by atoms with Crippen LogP contribution in [0, 0.1) is 11.3 Å². The van der Waals surface area contributed by atoms with Crippen molar-refractivity contribution in [1.82, 2.24) is 24.3 Å². The molecule has 5 heterocycles. The number of aromatic nitrogens is 4. The summed E-state index contributed by atoms with van der Waals surface area (Å²) in [5.41, 5.74) is 3.59. The van der Waals surface area contributed by atoms with Crippen LogP contribution in [-0.4, -0.2) is 69.7 Å². The van der Waals surface area contributed by atoms with Crippen LogP contribution in [0.15, 0.2) is 35.7 Å². The minimum absolute atomic E-state index is 0.0180. The van der Waals surface area contributed by atoms with Gasteiger partial charge in [-0.2, -0.15) is 15.5 Å². The van der Waals surface area contributed by atoms with E-state index in [2.05, 4.69) is 33.0 Å². The molecule has 33 heavy (non-hydrogen) atoms. The zero-order chi connectivity index (χ0) is 22.6. The summed E-state index contributed by atoms with van der Waals surface area (Å²) in [4.78, 5) is 3.52. The van der Waals surface area contributed by atoms with E-state index < -0.39 is 0 Å². The van der Waals surface area contributed by atoms with Crippen LogP contribution in [0.3, 0.4) is 0 Å². The third-order valence-corrected chi connectivity index (χ3v) is 7.31. The number of fused-ring (bicyclic) bond motifs is 1. The Kier molecular flexibility index (Phi) is 6.97. The van der Waals surface area contributed by atoms with E-state index in [-0.39, 0.29) is 6.29 Å². The second kappa shape index (κ2) is 10.3. The van der Waals surface area contributed by atoms with E-state index in [0.717, 1.165) is 73.5 Å². The number of pyridine rings is 1. The zero-order valence-electron chi connectivity index (χ0n) is 19.0. The highest BCUT2D eigenvalue weighted by atomic mass is 32.2. The molecule has 2 atom stereocenters. The molecule has 3 aromatic heterocycles. The Morgan fingerprint density at radius 1 is 1.18 bits per heavy atom. The van der Waals surface area contributed by atoms with Crippen molar-refractivity contribution in [2.45, 2.75) is 49.3 Å². The molecule has 9 heteroatoms. The molecule has 0 spiro atoms. The van der Waals surface area contributed by atoms with E-state index in [4.69, 9.17) is 14.6 Å². The number of nitriles is 1. The summed E-state index contributed by atoms with van der Waals surface area (Å²) in [5.74, 6) is 0. The number of rotatable bonds is 7. The van der Waals surface area contributed by atoms with E-state index in [1.807, 2.05) is 18.6 Å². The largest absolute Gasteiger partial charge is 0.353 e. The van der Waals surface area contributed by atoms with Crippen molar-refractivity contribution in [2.24, 2.45) is 0 Å². The SMILES string of the molecule is CSc1cc(-c2cnn(C3CCCN(CCOC4CCCCO4)C3)c2)cn2ncc(C#N)c12. The summed E-state index contributed by atoms with van der Waals surface area (Å²) in [7, 11) is 0. The van der Waals surface area contributed by atoms with Crippen LogP contribution in [0.1, 0.15) is 43.7 Å². The molecule has 3 aromatic rings. The van der Waals surface area contributed by atoms with Crippen molar-refractivity contribution in [1.29, 1.82) is 5.26 Å². The Bertz CT molecular complexity index is 1130. The number of nitrogens with zero attached hydrogens (tertiary/aromatic N) is 6. The first-order valence-electron chi connectivity index (χ1n) is 11.7. The fraction of sp³-hybridized carbons (Fsp3) is 0.542. The summed E-state index contributed by atoms with van der Waals surface area (Å²) in [6, 6.07) is 4.72. The molecule has 0 saturated carbocycles. The molecule has 0 aromatic carbocycles. The number of hydrogen-bond donors (Lipinski definition) is 0. The van der Waals surface area contributed by atoms with Crippen LogP contribution in [0.4, 0.5) is 0 Å². The smallest absolute Gasteiger partial charge is 0.157 e. The second-order valence-corrected chi connectivity index (χ2v) is 9.58. The lowest BCUT2D eigenvalue weighted by Crippen LogP contribution is -2.39. The van der Waals surface area contributed by atoms with Gasteiger partial charge in [-0.25, -0.2) is 4.52 Å². The summed E-state index contributed by atoms with van der Waals surface area (Å²) in [5, 5.41) is 18.5. The Hall–Kier alpha value is -2.38. The van der Waals surface area contributed by atoms with Gasteiger partial charge in [0.2, 0.25) is 0 Å². The lowest BCUT2D eigenvalue weighted by atomic mass is 10.1. The van der Waals surface area contributed by atoms with Crippen molar-refractivity contribution in [3.8, 4) is 17.2 Å². The van der Waals surface area contributed by atoms with Gasteiger partial charge in [-0.3, -0.25) is 9.58 Å². The predicted molar refractivity (Wildman–Crippen MR) is 127 cm³/mol.